The van der Waals surface area contributed by atoms with E-state index in [2.05, 4.69) is 41.3 Å². The van der Waals surface area contributed by atoms with Crippen molar-refractivity contribution in [3.8, 4) is 0 Å². The summed E-state index contributed by atoms with van der Waals surface area (Å²) in [7, 11) is 0. The third-order valence-corrected chi connectivity index (χ3v) is 6.54. The molecular weight excluding hydrogens is 514 g/mol. The fraction of sp³-hybridized carbons (Fsp3) is 0.345. The molecule has 0 radical (unpaired) electrons. The molecule has 1 unspecified atom stereocenters. The number of rotatable bonds is 14. The highest BCUT2D eigenvalue weighted by Gasteiger charge is 2.25. The molecule has 1 atom stereocenters. The molecule has 0 aliphatic carbocycles. The number of hydrogen-bond acceptors (Lipinski definition) is 7. The number of carbonyl (C=O) groups excluding carboxylic acids is 3. The second kappa shape index (κ2) is 14.9. The number of amides is 2. The molecule has 1 aromatic heterocycles. The minimum atomic E-state index is -0.428. The number of esters is 1. The van der Waals surface area contributed by atoms with Gasteiger partial charge in [-0.15, -0.1) is 16.8 Å². The Bertz CT molecular complexity index is 1280. The van der Waals surface area contributed by atoms with Crippen LogP contribution in [0.5, 0.6) is 0 Å². The van der Waals surface area contributed by atoms with Crippen LogP contribution in [0, 0.1) is 5.92 Å². The zero-order valence-electron chi connectivity index (χ0n) is 22.6. The van der Waals surface area contributed by atoms with Gasteiger partial charge >= 0.3 is 5.97 Å². The molecule has 0 aliphatic rings. The quantitative estimate of drug-likeness (QED) is 0.160. The minimum absolute atomic E-state index is 0.0744. The maximum absolute atomic E-state index is 12.9. The number of benzene rings is 2. The number of carbonyl (C=O) groups is 3. The van der Waals surface area contributed by atoms with Crippen LogP contribution in [-0.2, 0) is 16.1 Å². The number of anilines is 1. The molecule has 0 aliphatic heterocycles. The number of nitrogens with one attached hydrogen (secondary N) is 2. The Morgan fingerprint density at radius 1 is 1.08 bits per heavy atom. The van der Waals surface area contributed by atoms with Crippen LogP contribution in [0.25, 0.3) is 0 Å². The van der Waals surface area contributed by atoms with Crippen LogP contribution in [0.4, 0.5) is 5.69 Å². The summed E-state index contributed by atoms with van der Waals surface area (Å²) in [6.07, 6.45) is 3.12. The van der Waals surface area contributed by atoms with Crippen molar-refractivity contribution in [2.45, 2.75) is 51.4 Å². The van der Waals surface area contributed by atoms with E-state index in [4.69, 9.17) is 4.74 Å². The zero-order valence-corrected chi connectivity index (χ0v) is 23.4. The lowest BCUT2D eigenvalue weighted by Gasteiger charge is -2.21. The molecule has 206 valence electrons. The Labute approximate surface area is 233 Å². The van der Waals surface area contributed by atoms with Crippen molar-refractivity contribution in [2.24, 2.45) is 5.92 Å². The van der Waals surface area contributed by atoms with E-state index in [1.807, 2.05) is 29.7 Å². The Balaban J connectivity index is 1.71. The van der Waals surface area contributed by atoms with E-state index >= 15 is 0 Å². The van der Waals surface area contributed by atoms with Crippen molar-refractivity contribution >= 4 is 35.2 Å². The number of hydrogen-bond donors (Lipinski definition) is 2. The summed E-state index contributed by atoms with van der Waals surface area (Å²) in [5, 5.41) is 15.2. The average molecular weight is 550 g/mol. The summed E-state index contributed by atoms with van der Waals surface area (Å²) in [6, 6.07) is 15.3. The smallest absolute Gasteiger partial charge is 0.338 e. The number of nitrogens with zero attached hydrogens (tertiary/aromatic N) is 3. The molecule has 10 heteroatoms. The van der Waals surface area contributed by atoms with Crippen molar-refractivity contribution < 1.29 is 19.1 Å². The standard InChI is InChI=1S/C29H35N5O4S/c1-5-15-34-26(24(17-20(3)4)31-27(36)21-11-8-7-9-12-21)32-33-29(34)39-19-25(35)30-23-14-10-13-22(18-23)28(37)38-16-6-2/h5,7-14,18,20,24H,1,6,15-17,19H2,2-4H3,(H,30,35)(H,31,36). The Morgan fingerprint density at radius 3 is 2.51 bits per heavy atom. The first-order chi connectivity index (χ1) is 18.8. The first-order valence-electron chi connectivity index (χ1n) is 12.9. The van der Waals surface area contributed by atoms with Gasteiger partial charge in [0.05, 0.1) is 24.0 Å². The molecular formula is C29H35N5O4S. The minimum Gasteiger partial charge on any atom is -0.462 e. The van der Waals surface area contributed by atoms with Gasteiger partial charge in [0.1, 0.15) is 0 Å². The van der Waals surface area contributed by atoms with Crippen LogP contribution in [-0.4, -0.2) is 44.9 Å². The van der Waals surface area contributed by atoms with Crippen LogP contribution in [0.15, 0.2) is 72.4 Å². The van der Waals surface area contributed by atoms with Gasteiger partial charge in [0.25, 0.3) is 5.91 Å². The van der Waals surface area contributed by atoms with Gasteiger partial charge in [0.2, 0.25) is 5.91 Å². The lowest BCUT2D eigenvalue weighted by molar-refractivity contribution is -0.113. The summed E-state index contributed by atoms with van der Waals surface area (Å²) in [6.45, 7) is 10.7. The van der Waals surface area contributed by atoms with Crippen molar-refractivity contribution in [1.29, 1.82) is 0 Å². The highest BCUT2D eigenvalue weighted by atomic mass is 32.2. The van der Waals surface area contributed by atoms with Crippen LogP contribution >= 0.6 is 11.8 Å². The molecule has 39 heavy (non-hydrogen) atoms. The number of allylic oxidation sites excluding steroid dienone is 1. The first kappa shape index (κ1) is 29.6. The molecule has 2 amide bonds. The second-order valence-electron chi connectivity index (χ2n) is 9.32. The molecule has 0 fully saturated rings. The summed E-state index contributed by atoms with van der Waals surface area (Å²) in [5.41, 5.74) is 1.44. The van der Waals surface area contributed by atoms with Crippen molar-refractivity contribution in [3.05, 3.63) is 84.2 Å². The normalized spacial score (nSPS) is 11.6. The summed E-state index contributed by atoms with van der Waals surface area (Å²) < 4.78 is 7.03. The molecule has 1 heterocycles. The summed E-state index contributed by atoms with van der Waals surface area (Å²) >= 11 is 1.23. The fourth-order valence-corrected chi connectivity index (χ4v) is 4.58. The van der Waals surface area contributed by atoms with Gasteiger partial charge in [-0.25, -0.2) is 4.79 Å². The van der Waals surface area contributed by atoms with E-state index in [0.29, 0.717) is 47.4 Å². The van der Waals surface area contributed by atoms with Crippen LogP contribution in [0.2, 0.25) is 0 Å². The molecule has 3 rings (SSSR count). The highest BCUT2D eigenvalue weighted by Crippen LogP contribution is 2.26. The van der Waals surface area contributed by atoms with Crippen molar-refractivity contribution in [2.75, 3.05) is 17.7 Å². The van der Waals surface area contributed by atoms with Gasteiger partial charge in [-0.2, -0.15) is 0 Å². The van der Waals surface area contributed by atoms with E-state index in [0.717, 1.165) is 6.42 Å². The molecule has 9 nitrogen and oxygen atoms in total. The molecule has 3 aromatic rings. The molecule has 0 spiro atoms. The lowest BCUT2D eigenvalue weighted by Crippen LogP contribution is -2.31. The molecule has 2 N–H and O–H groups in total. The Hall–Kier alpha value is -3.92. The largest absolute Gasteiger partial charge is 0.462 e. The number of ether oxygens (including phenoxy) is 1. The Morgan fingerprint density at radius 2 is 1.82 bits per heavy atom. The van der Waals surface area contributed by atoms with Crippen LogP contribution in [0.3, 0.4) is 0 Å². The fourth-order valence-electron chi connectivity index (χ4n) is 3.83. The van der Waals surface area contributed by atoms with Crippen LogP contribution in [0.1, 0.15) is 66.2 Å². The van der Waals surface area contributed by atoms with Crippen LogP contribution < -0.4 is 10.6 Å². The second-order valence-corrected chi connectivity index (χ2v) is 10.3. The van der Waals surface area contributed by atoms with Gasteiger partial charge in [0.15, 0.2) is 11.0 Å². The first-order valence-corrected chi connectivity index (χ1v) is 13.9. The Kier molecular flexibility index (Phi) is 11.3. The van der Waals surface area contributed by atoms with Gasteiger partial charge in [-0.3, -0.25) is 9.59 Å². The molecule has 0 saturated carbocycles. The van der Waals surface area contributed by atoms with E-state index in [9.17, 15) is 14.4 Å². The van der Waals surface area contributed by atoms with Crippen molar-refractivity contribution in [1.82, 2.24) is 20.1 Å². The van der Waals surface area contributed by atoms with Gasteiger partial charge < -0.3 is 19.9 Å². The van der Waals surface area contributed by atoms with E-state index in [-0.39, 0.29) is 29.5 Å². The molecule has 2 aromatic carbocycles. The predicted molar refractivity (Wildman–Crippen MR) is 153 cm³/mol. The maximum atomic E-state index is 12.9. The number of thioether (sulfide) groups is 1. The molecule has 0 saturated heterocycles. The third-order valence-electron chi connectivity index (χ3n) is 5.57. The van der Waals surface area contributed by atoms with E-state index in [1.54, 1.807) is 42.5 Å². The maximum Gasteiger partial charge on any atom is 0.338 e. The van der Waals surface area contributed by atoms with E-state index < -0.39 is 5.97 Å². The monoisotopic (exact) mass is 549 g/mol. The van der Waals surface area contributed by atoms with E-state index in [1.165, 1.54) is 11.8 Å². The van der Waals surface area contributed by atoms with Gasteiger partial charge in [0, 0.05) is 17.8 Å². The predicted octanol–water partition coefficient (Wildman–Crippen LogP) is 5.28. The van der Waals surface area contributed by atoms with Gasteiger partial charge in [-0.05, 0) is 49.1 Å². The average Bonchev–Trinajstić information content (AvgIpc) is 3.33. The SMILES string of the molecule is C=CCn1c(SCC(=O)Nc2cccc(C(=O)OCCC)c2)nnc1C(CC(C)C)NC(=O)c1ccccc1. The summed E-state index contributed by atoms with van der Waals surface area (Å²) in [4.78, 5) is 37.8. The molecule has 0 bridgehead atoms. The lowest BCUT2D eigenvalue weighted by atomic mass is 10.0. The van der Waals surface area contributed by atoms with Gasteiger partial charge in [-0.1, -0.05) is 62.9 Å². The third kappa shape index (κ3) is 8.81. The van der Waals surface area contributed by atoms with Crippen molar-refractivity contribution in [3.63, 3.8) is 0 Å². The zero-order chi connectivity index (χ0) is 28.2. The number of aromatic nitrogens is 3. The summed E-state index contributed by atoms with van der Waals surface area (Å²) in [5.74, 6) is 0.0904. The highest BCUT2D eigenvalue weighted by molar-refractivity contribution is 7.99. The topological polar surface area (TPSA) is 115 Å².